The Morgan fingerprint density at radius 3 is 2.56 bits per heavy atom. The van der Waals surface area contributed by atoms with Crippen LogP contribution in [0.15, 0.2) is 30.3 Å². The molecule has 0 aromatic heterocycles. The number of nitrogens with zero attached hydrogens (tertiary/aromatic N) is 1. The molecule has 1 aromatic rings. The zero-order valence-corrected chi connectivity index (χ0v) is 9.73. The molecule has 1 aromatic carbocycles. The van der Waals surface area contributed by atoms with Crippen LogP contribution < -0.4 is 0 Å². The van der Waals surface area contributed by atoms with E-state index in [1.165, 1.54) is 37.7 Å². The maximum absolute atomic E-state index is 8.93. The highest BCUT2D eigenvalue weighted by Gasteiger charge is 2.24. The first-order valence-electron chi connectivity index (χ1n) is 6.33. The van der Waals surface area contributed by atoms with E-state index in [4.69, 9.17) is 5.26 Å². The highest BCUT2D eigenvalue weighted by atomic mass is 14.3. The quantitative estimate of drug-likeness (QED) is 0.673. The van der Waals surface area contributed by atoms with Crippen molar-refractivity contribution < 1.29 is 0 Å². The fourth-order valence-corrected chi connectivity index (χ4v) is 2.89. The lowest BCUT2D eigenvalue weighted by Crippen LogP contribution is -2.11. The minimum Gasteiger partial charge on any atom is -0.198 e. The molecule has 1 nitrogen and oxygen atoms in total. The monoisotopic (exact) mass is 213 g/mol. The normalized spacial score (nSPS) is 25.7. The van der Waals surface area contributed by atoms with Crippen molar-refractivity contribution in [2.75, 3.05) is 0 Å². The summed E-state index contributed by atoms with van der Waals surface area (Å²) in [6.07, 6.45) is 7.17. The predicted octanol–water partition coefficient (Wildman–Crippen LogP) is 4.26. The van der Waals surface area contributed by atoms with Crippen LogP contribution in [0, 0.1) is 17.2 Å². The van der Waals surface area contributed by atoms with E-state index in [-0.39, 0.29) is 0 Å². The van der Waals surface area contributed by atoms with E-state index in [0.29, 0.717) is 11.8 Å². The van der Waals surface area contributed by atoms with Crippen molar-refractivity contribution >= 4 is 0 Å². The van der Waals surface area contributed by atoms with Gasteiger partial charge in [0.1, 0.15) is 0 Å². The molecule has 2 unspecified atom stereocenters. The fraction of sp³-hybridized carbons (Fsp3) is 0.533. The van der Waals surface area contributed by atoms with Gasteiger partial charge in [0, 0.05) is 6.42 Å². The van der Waals surface area contributed by atoms with Crippen LogP contribution in [0.1, 0.15) is 50.0 Å². The molecule has 2 atom stereocenters. The molecule has 0 spiro atoms. The van der Waals surface area contributed by atoms with Gasteiger partial charge in [-0.05, 0) is 30.2 Å². The van der Waals surface area contributed by atoms with Crippen LogP contribution in [0.25, 0.3) is 0 Å². The van der Waals surface area contributed by atoms with E-state index in [0.717, 1.165) is 6.42 Å². The SMILES string of the molecule is N#CCC1CCCCCC1c1ccccc1. The zero-order chi connectivity index (χ0) is 11.2. The largest absolute Gasteiger partial charge is 0.198 e. The van der Waals surface area contributed by atoms with Gasteiger partial charge in [-0.3, -0.25) is 0 Å². The van der Waals surface area contributed by atoms with E-state index < -0.39 is 0 Å². The molecule has 2 rings (SSSR count). The molecule has 84 valence electrons. The Balaban J connectivity index is 2.18. The van der Waals surface area contributed by atoms with Gasteiger partial charge in [0.25, 0.3) is 0 Å². The zero-order valence-electron chi connectivity index (χ0n) is 9.73. The molecule has 1 fully saturated rings. The fourth-order valence-electron chi connectivity index (χ4n) is 2.89. The van der Waals surface area contributed by atoms with Gasteiger partial charge >= 0.3 is 0 Å². The van der Waals surface area contributed by atoms with Crippen molar-refractivity contribution in [3.05, 3.63) is 35.9 Å². The minimum atomic E-state index is 0.579. The van der Waals surface area contributed by atoms with E-state index in [1.807, 2.05) is 0 Å². The van der Waals surface area contributed by atoms with Gasteiger partial charge < -0.3 is 0 Å². The van der Waals surface area contributed by atoms with Crippen LogP contribution in [-0.4, -0.2) is 0 Å². The standard InChI is InChI=1S/C15H19N/c16-12-11-14-9-5-2-6-10-15(14)13-7-3-1-4-8-13/h1,3-4,7-8,14-15H,2,5-6,9-11H2. The summed E-state index contributed by atoms with van der Waals surface area (Å²) in [7, 11) is 0. The summed E-state index contributed by atoms with van der Waals surface area (Å²) < 4.78 is 0. The molecule has 0 heterocycles. The molecule has 0 aliphatic heterocycles. The van der Waals surface area contributed by atoms with Crippen molar-refractivity contribution in [3.8, 4) is 6.07 Å². The van der Waals surface area contributed by atoms with Crippen LogP contribution in [0.5, 0.6) is 0 Å². The minimum absolute atomic E-state index is 0.579. The molecule has 1 saturated carbocycles. The molecule has 1 aliphatic carbocycles. The van der Waals surface area contributed by atoms with Gasteiger partial charge in [-0.1, -0.05) is 49.6 Å². The predicted molar refractivity (Wildman–Crippen MR) is 66.0 cm³/mol. The first-order valence-corrected chi connectivity index (χ1v) is 6.33. The molecule has 16 heavy (non-hydrogen) atoms. The van der Waals surface area contributed by atoms with Crippen molar-refractivity contribution in [2.45, 2.75) is 44.4 Å². The van der Waals surface area contributed by atoms with Gasteiger partial charge in [-0.15, -0.1) is 0 Å². The average Bonchev–Trinajstić information content (AvgIpc) is 2.56. The Hall–Kier alpha value is -1.29. The molecular weight excluding hydrogens is 194 g/mol. The molecule has 0 saturated heterocycles. The Labute approximate surface area is 98.1 Å². The second kappa shape index (κ2) is 5.70. The molecule has 1 heteroatoms. The van der Waals surface area contributed by atoms with Gasteiger partial charge in [-0.25, -0.2) is 0 Å². The summed E-state index contributed by atoms with van der Waals surface area (Å²) in [4.78, 5) is 0. The second-order valence-electron chi connectivity index (χ2n) is 4.78. The van der Waals surface area contributed by atoms with Crippen LogP contribution in [0.4, 0.5) is 0 Å². The van der Waals surface area contributed by atoms with Crippen LogP contribution in [0.3, 0.4) is 0 Å². The topological polar surface area (TPSA) is 23.8 Å². The smallest absolute Gasteiger partial charge is 0.0624 e. The lowest BCUT2D eigenvalue weighted by Gasteiger charge is -2.23. The Morgan fingerprint density at radius 2 is 1.81 bits per heavy atom. The molecule has 0 amide bonds. The molecular formula is C15H19N. The van der Waals surface area contributed by atoms with E-state index >= 15 is 0 Å². The molecule has 1 aliphatic rings. The van der Waals surface area contributed by atoms with E-state index in [9.17, 15) is 0 Å². The second-order valence-corrected chi connectivity index (χ2v) is 4.78. The van der Waals surface area contributed by atoms with E-state index in [1.54, 1.807) is 0 Å². The van der Waals surface area contributed by atoms with Crippen LogP contribution in [-0.2, 0) is 0 Å². The average molecular weight is 213 g/mol. The molecule has 0 N–H and O–H groups in total. The number of nitriles is 1. The van der Waals surface area contributed by atoms with Gasteiger partial charge in [0.05, 0.1) is 6.07 Å². The number of hydrogen-bond acceptors (Lipinski definition) is 1. The van der Waals surface area contributed by atoms with Crippen LogP contribution >= 0.6 is 0 Å². The number of rotatable bonds is 2. The maximum Gasteiger partial charge on any atom is 0.0624 e. The van der Waals surface area contributed by atoms with Crippen molar-refractivity contribution in [3.63, 3.8) is 0 Å². The summed E-state index contributed by atoms with van der Waals surface area (Å²) in [6.45, 7) is 0. The summed E-state index contributed by atoms with van der Waals surface area (Å²) in [5, 5.41) is 8.93. The lowest BCUT2D eigenvalue weighted by atomic mass is 9.81. The highest BCUT2D eigenvalue weighted by molar-refractivity contribution is 5.20. The van der Waals surface area contributed by atoms with Crippen molar-refractivity contribution in [2.24, 2.45) is 5.92 Å². The molecule has 0 radical (unpaired) electrons. The highest BCUT2D eigenvalue weighted by Crippen LogP contribution is 2.37. The van der Waals surface area contributed by atoms with Gasteiger partial charge in [-0.2, -0.15) is 5.26 Å². The summed E-state index contributed by atoms with van der Waals surface area (Å²) in [5.41, 5.74) is 1.43. The Kier molecular flexibility index (Phi) is 3.99. The first kappa shape index (κ1) is 11.2. The number of hydrogen-bond donors (Lipinski definition) is 0. The lowest BCUT2D eigenvalue weighted by molar-refractivity contribution is 0.406. The van der Waals surface area contributed by atoms with Gasteiger partial charge in [0.15, 0.2) is 0 Å². The van der Waals surface area contributed by atoms with Crippen molar-refractivity contribution in [1.29, 1.82) is 5.26 Å². The third-order valence-corrected chi connectivity index (χ3v) is 3.74. The van der Waals surface area contributed by atoms with Gasteiger partial charge in [0.2, 0.25) is 0 Å². The number of benzene rings is 1. The van der Waals surface area contributed by atoms with E-state index in [2.05, 4.69) is 36.4 Å². The first-order chi connectivity index (χ1) is 7.92. The summed E-state index contributed by atoms with van der Waals surface area (Å²) in [5.74, 6) is 1.19. The summed E-state index contributed by atoms with van der Waals surface area (Å²) in [6, 6.07) is 13.1. The molecule has 0 bridgehead atoms. The summed E-state index contributed by atoms with van der Waals surface area (Å²) >= 11 is 0. The van der Waals surface area contributed by atoms with Crippen LogP contribution in [0.2, 0.25) is 0 Å². The Morgan fingerprint density at radius 1 is 1.06 bits per heavy atom. The van der Waals surface area contributed by atoms with Crippen molar-refractivity contribution in [1.82, 2.24) is 0 Å². The Bertz CT molecular complexity index is 349. The third-order valence-electron chi connectivity index (χ3n) is 3.74. The third kappa shape index (κ3) is 2.64. The maximum atomic E-state index is 8.93.